The first-order valence-electron chi connectivity index (χ1n) is 8.40. The Balaban J connectivity index is 1.60. The van der Waals surface area contributed by atoms with E-state index < -0.39 is 0 Å². The lowest BCUT2D eigenvalue weighted by atomic mass is 10.0. The first-order chi connectivity index (χ1) is 12.6. The van der Waals surface area contributed by atoms with Gasteiger partial charge in [-0.2, -0.15) is 0 Å². The molecule has 1 fully saturated rings. The highest BCUT2D eigenvalue weighted by atomic mass is 32.2. The summed E-state index contributed by atoms with van der Waals surface area (Å²) in [7, 11) is 1.98. The summed E-state index contributed by atoms with van der Waals surface area (Å²) >= 11 is 7.08. The molecule has 132 valence electrons. The van der Waals surface area contributed by atoms with Gasteiger partial charge in [-0.3, -0.25) is 4.98 Å². The number of nitrogens with one attached hydrogen (secondary N) is 1. The first kappa shape index (κ1) is 17.1. The lowest BCUT2D eigenvalue weighted by Gasteiger charge is -2.21. The van der Waals surface area contributed by atoms with Crippen LogP contribution in [0.25, 0.3) is 0 Å². The first-order valence-corrected chi connectivity index (χ1v) is 9.63. The SMILES string of the molecule is Cc1ccc(Sc2ccc([C@@H]3[C@@H](c4ccccn4)NC(=S)N3C)o2)cc1. The van der Waals surface area contributed by atoms with Gasteiger partial charge in [0.2, 0.25) is 0 Å². The number of aromatic nitrogens is 1. The Bertz CT molecular complexity index is 908. The van der Waals surface area contributed by atoms with Crippen molar-refractivity contribution in [2.75, 3.05) is 7.05 Å². The topological polar surface area (TPSA) is 41.3 Å². The van der Waals surface area contributed by atoms with Crippen molar-refractivity contribution in [3.8, 4) is 0 Å². The molecule has 6 heteroatoms. The van der Waals surface area contributed by atoms with E-state index in [2.05, 4.69) is 41.5 Å². The minimum absolute atomic E-state index is 0.0234. The fraction of sp³-hybridized carbons (Fsp3) is 0.200. The van der Waals surface area contributed by atoms with Crippen LogP contribution in [-0.4, -0.2) is 22.0 Å². The molecule has 1 aliphatic heterocycles. The maximum absolute atomic E-state index is 6.17. The Morgan fingerprint density at radius 2 is 1.92 bits per heavy atom. The molecule has 1 N–H and O–H groups in total. The maximum atomic E-state index is 6.17. The van der Waals surface area contributed by atoms with Crippen LogP contribution >= 0.6 is 24.0 Å². The minimum Gasteiger partial charge on any atom is -0.452 e. The van der Waals surface area contributed by atoms with E-state index in [0.29, 0.717) is 5.11 Å². The van der Waals surface area contributed by atoms with Gasteiger partial charge in [0.15, 0.2) is 10.2 Å². The van der Waals surface area contributed by atoms with Crippen LogP contribution in [0.1, 0.15) is 29.1 Å². The van der Waals surface area contributed by atoms with Gasteiger partial charge in [-0.15, -0.1) is 0 Å². The number of likely N-dealkylation sites (N-methyl/N-ethyl adjacent to an activating group) is 1. The van der Waals surface area contributed by atoms with Crippen molar-refractivity contribution in [1.82, 2.24) is 15.2 Å². The summed E-state index contributed by atoms with van der Waals surface area (Å²) < 4.78 is 6.17. The van der Waals surface area contributed by atoms with Crippen LogP contribution in [0.2, 0.25) is 0 Å². The highest BCUT2D eigenvalue weighted by molar-refractivity contribution is 7.99. The third-order valence-electron chi connectivity index (χ3n) is 4.47. The average molecular weight is 382 g/mol. The van der Waals surface area contributed by atoms with E-state index in [9.17, 15) is 0 Å². The quantitative estimate of drug-likeness (QED) is 0.659. The molecule has 0 radical (unpaired) electrons. The minimum atomic E-state index is -0.0305. The fourth-order valence-corrected chi connectivity index (χ4v) is 4.10. The monoisotopic (exact) mass is 381 g/mol. The van der Waals surface area contributed by atoms with Gasteiger partial charge >= 0.3 is 0 Å². The van der Waals surface area contributed by atoms with Crippen molar-refractivity contribution in [2.24, 2.45) is 0 Å². The molecular formula is C20H19N3OS2. The Morgan fingerprint density at radius 1 is 1.12 bits per heavy atom. The van der Waals surface area contributed by atoms with E-state index in [1.807, 2.05) is 42.3 Å². The van der Waals surface area contributed by atoms with Crippen molar-refractivity contribution >= 4 is 29.1 Å². The molecule has 4 nitrogen and oxygen atoms in total. The molecule has 0 bridgehead atoms. The van der Waals surface area contributed by atoms with E-state index in [0.717, 1.165) is 21.4 Å². The average Bonchev–Trinajstić information content (AvgIpc) is 3.22. The van der Waals surface area contributed by atoms with Gasteiger partial charge in [0.1, 0.15) is 11.8 Å². The molecule has 0 saturated carbocycles. The Hall–Kier alpha value is -2.31. The zero-order chi connectivity index (χ0) is 18.1. The smallest absolute Gasteiger partial charge is 0.170 e. The van der Waals surface area contributed by atoms with Gasteiger partial charge in [-0.1, -0.05) is 35.5 Å². The van der Waals surface area contributed by atoms with E-state index in [4.69, 9.17) is 16.6 Å². The molecule has 1 aromatic carbocycles. The molecule has 26 heavy (non-hydrogen) atoms. The highest BCUT2D eigenvalue weighted by Crippen LogP contribution is 2.40. The van der Waals surface area contributed by atoms with Crippen LogP contribution in [0.3, 0.4) is 0 Å². The van der Waals surface area contributed by atoms with Crippen molar-refractivity contribution < 1.29 is 4.42 Å². The van der Waals surface area contributed by atoms with Crippen LogP contribution in [0.15, 0.2) is 75.2 Å². The molecule has 0 amide bonds. The van der Waals surface area contributed by atoms with Crippen molar-refractivity contribution in [1.29, 1.82) is 0 Å². The Labute approximate surface area is 162 Å². The van der Waals surface area contributed by atoms with Crippen LogP contribution in [-0.2, 0) is 0 Å². The van der Waals surface area contributed by atoms with Crippen molar-refractivity contribution in [3.63, 3.8) is 0 Å². The Kier molecular flexibility index (Phi) is 4.70. The number of thiocarbonyl (C=S) groups is 1. The summed E-state index contributed by atoms with van der Waals surface area (Å²) in [5.74, 6) is 0.880. The summed E-state index contributed by atoms with van der Waals surface area (Å²) in [6.45, 7) is 2.09. The molecule has 4 rings (SSSR count). The zero-order valence-corrected chi connectivity index (χ0v) is 16.2. The van der Waals surface area contributed by atoms with E-state index in [-0.39, 0.29) is 12.1 Å². The summed E-state index contributed by atoms with van der Waals surface area (Å²) in [6, 6.07) is 18.3. The standard InChI is InChI=1S/C20H19N3OS2/c1-13-6-8-14(9-7-13)26-17-11-10-16(24-17)19-18(22-20(25)23(19)2)15-5-3-4-12-21-15/h3-12,18-19H,1-2H3,(H,22,25)/t18-,19-/m1/s1. The molecule has 3 aromatic rings. The molecule has 2 atom stereocenters. The number of furan rings is 1. The predicted molar refractivity (Wildman–Crippen MR) is 107 cm³/mol. The Morgan fingerprint density at radius 3 is 2.65 bits per heavy atom. The van der Waals surface area contributed by atoms with Gasteiger partial charge < -0.3 is 14.6 Å². The highest BCUT2D eigenvalue weighted by Gasteiger charge is 2.39. The van der Waals surface area contributed by atoms with E-state index in [1.165, 1.54) is 5.56 Å². The predicted octanol–water partition coefficient (Wildman–Crippen LogP) is 4.74. The molecule has 3 heterocycles. The molecule has 2 aromatic heterocycles. The largest absolute Gasteiger partial charge is 0.452 e. The second-order valence-corrected chi connectivity index (χ2v) is 7.77. The molecule has 1 aliphatic rings. The molecule has 0 spiro atoms. The molecule has 1 saturated heterocycles. The van der Waals surface area contributed by atoms with Gasteiger partial charge in [0, 0.05) is 18.1 Å². The van der Waals surface area contributed by atoms with Crippen LogP contribution in [0, 0.1) is 6.92 Å². The van der Waals surface area contributed by atoms with Gasteiger partial charge in [0.25, 0.3) is 0 Å². The van der Waals surface area contributed by atoms with Crippen LogP contribution in [0.5, 0.6) is 0 Å². The second kappa shape index (κ2) is 7.13. The van der Waals surface area contributed by atoms with Crippen molar-refractivity contribution in [3.05, 3.63) is 77.8 Å². The zero-order valence-electron chi connectivity index (χ0n) is 14.5. The number of aryl methyl sites for hydroxylation is 1. The summed E-state index contributed by atoms with van der Waals surface area (Å²) in [6.07, 6.45) is 1.80. The van der Waals surface area contributed by atoms with Crippen molar-refractivity contribution in [2.45, 2.75) is 29.0 Å². The third kappa shape index (κ3) is 3.34. The maximum Gasteiger partial charge on any atom is 0.170 e. The molecular weight excluding hydrogens is 362 g/mol. The summed E-state index contributed by atoms with van der Waals surface area (Å²) in [4.78, 5) is 7.69. The van der Waals surface area contributed by atoms with E-state index >= 15 is 0 Å². The number of benzene rings is 1. The second-order valence-electron chi connectivity index (χ2n) is 6.31. The normalized spacial score (nSPS) is 19.6. The van der Waals surface area contributed by atoms with Gasteiger partial charge in [-0.05, 0) is 55.5 Å². The third-order valence-corrected chi connectivity index (χ3v) is 5.81. The van der Waals surface area contributed by atoms with Gasteiger partial charge in [0.05, 0.1) is 11.7 Å². The van der Waals surface area contributed by atoms with Crippen LogP contribution in [0.4, 0.5) is 0 Å². The lowest BCUT2D eigenvalue weighted by Crippen LogP contribution is -2.24. The fourth-order valence-electron chi connectivity index (χ4n) is 3.09. The number of nitrogens with zero attached hydrogens (tertiary/aromatic N) is 2. The lowest BCUT2D eigenvalue weighted by molar-refractivity contribution is 0.289. The summed E-state index contributed by atoms with van der Waals surface area (Å²) in [5.41, 5.74) is 2.20. The van der Waals surface area contributed by atoms with E-state index in [1.54, 1.807) is 18.0 Å². The van der Waals surface area contributed by atoms with Gasteiger partial charge in [-0.25, -0.2) is 0 Å². The summed E-state index contributed by atoms with van der Waals surface area (Å²) in [5, 5.41) is 4.94. The number of rotatable bonds is 4. The number of hydrogen-bond acceptors (Lipinski definition) is 4. The number of hydrogen-bond donors (Lipinski definition) is 1. The molecule has 0 unspecified atom stereocenters. The number of pyridine rings is 1. The van der Waals surface area contributed by atoms with Crippen LogP contribution < -0.4 is 5.32 Å². The molecule has 0 aliphatic carbocycles.